The Morgan fingerprint density at radius 1 is 1.45 bits per heavy atom. The highest BCUT2D eigenvalue weighted by molar-refractivity contribution is 6.55. The Hall–Kier alpha value is 0.280. The average molecular weight is 197 g/mol. The van der Waals surface area contributed by atoms with E-state index in [0.717, 1.165) is 0 Å². The molecule has 0 aliphatic carbocycles. The van der Waals surface area contributed by atoms with Gasteiger partial charge in [0, 0.05) is 6.61 Å². The average Bonchev–Trinajstić information content (AvgIpc) is 1.86. The topological polar surface area (TPSA) is 9.23 Å². The maximum Gasteiger partial charge on any atom is 0.105 e. The Kier molecular flexibility index (Phi) is 6.02. The van der Waals surface area contributed by atoms with E-state index in [-0.39, 0.29) is 10.6 Å². The molecule has 0 fully saturated rings. The van der Waals surface area contributed by atoms with Crippen molar-refractivity contribution in [1.82, 2.24) is 0 Å². The quantitative estimate of drug-likeness (QED) is 0.671. The van der Waals surface area contributed by atoms with Gasteiger partial charge in [0.15, 0.2) is 0 Å². The van der Waals surface area contributed by atoms with E-state index in [1.54, 1.807) is 6.08 Å². The molecular formula is C8H14Cl2O. The molecule has 11 heavy (non-hydrogen) atoms. The fraction of sp³-hybridized carbons (Fsp3) is 0.750. The van der Waals surface area contributed by atoms with Crippen LogP contribution in [0.2, 0.25) is 0 Å². The largest absolute Gasteiger partial charge is 0.374 e. The van der Waals surface area contributed by atoms with Crippen LogP contribution in [0.25, 0.3) is 0 Å². The minimum Gasteiger partial charge on any atom is -0.374 e. The molecule has 0 aliphatic rings. The third-order valence-electron chi connectivity index (χ3n) is 1.31. The Labute approximate surface area is 78.3 Å². The van der Waals surface area contributed by atoms with Crippen molar-refractivity contribution in [3.05, 3.63) is 10.6 Å². The van der Waals surface area contributed by atoms with Gasteiger partial charge in [-0.15, -0.1) is 0 Å². The molecule has 0 aromatic heterocycles. The highest BCUT2D eigenvalue weighted by Crippen LogP contribution is 2.15. The molecule has 66 valence electrons. The molecule has 0 N–H and O–H groups in total. The third kappa shape index (κ3) is 5.54. The molecule has 0 bridgehead atoms. The zero-order chi connectivity index (χ0) is 8.85. The molecular weight excluding hydrogens is 183 g/mol. The number of hydrogen-bond acceptors (Lipinski definition) is 1. The van der Waals surface area contributed by atoms with Gasteiger partial charge in [0.25, 0.3) is 0 Å². The summed E-state index contributed by atoms with van der Waals surface area (Å²) in [7, 11) is 0. The van der Waals surface area contributed by atoms with E-state index in [2.05, 4.69) is 13.8 Å². The van der Waals surface area contributed by atoms with E-state index in [9.17, 15) is 0 Å². The van der Waals surface area contributed by atoms with Crippen LogP contribution >= 0.6 is 23.2 Å². The zero-order valence-electron chi connectivity index (χ0n) is 7.10. The Morgan fingerprint density at radius 3 is 2.27 bits per heavy atom. The Morgan fingerprint density at radius 2 is 2.00 bits per heavy atom. The first kappa shape index (κ1) is 11.3. The second-order valence-corrected chi connectivity index (χ2v) is 3.63. The van der Waals surface area contributed by atoms with Gasteiger partial charge in [0.2, 0.25) is 0 Å². The van der Waals surface area contributed by atoms with Gasteiger partial charge in [0.1, 0.15) is 4.49 Å². The van der Waals surface area contributed by atoms with E-state index in [1.807, 2.05) is 6.92 Å². The molecule has 0 aromatic rings. The highest BCUT2D eigenvalue weighted by atomic mass is 35.5. The number of hydrogen-bond donors (Lipinski definition) is 0. The smallest absolute Gasteiger partial charge is 0.105 e. The molecule has 0 heterocycles. The molecule has 0 saturated carbocycles. The maximum absolute atomic E-state index is 5.50. The van der Waals surface area contributed by atoms with Crippen LogP contribution in [0.3, 0.4) is 0 Å². The number of ether oxygens (including phenoxy) is 1. The van der Waals surface area contributed by atoms with Gasteiger partial charge in [0.05, 0.1) is 6.10 Å². The first-order valence-electron chi connectivity index (χ1n) is 3.72. The van der Waals surface area contributed by atoms with Crippen molar-refractivity contribution in [1.29, 1.82) is 0 Å². The van der Waals surface area contributed by atoms with E-state index in [1.165, 1.54) is 0 Å². The summed E-state index contributed by atoms with van der Waals surface area (Å²) in [6.45, 7) is 6.76. The van der Waals surface area contributed by atoms with Crippen molar-refractivity contribution < 1.29 is 4.74 Å². The predicted molar refractivity (Wildman–Crippen MR) is 50.0 cm³/mol. The lowest BCUT2D eigenvalue weighted by Crippen LogP contribution is -2.16. The van der Waals surface area contributed by atoms with Gasteiger partial charge >= 0.3 is 0 Å². The standard InChI is InChI=1S/C8H14Cl2O/c1-4-11-7(6(2)3)5-8(9)10/h5-7H,4H2,1-3H3. The SMILES string of the molecule is CCOC(C=C(Cl)Cl)C(C)C. The van der Waals surface area contributed by atoms with E-state index < -0.39 is 0 Å². The summed E-state index contributed by atoms with van der Waals surface area (Å²) in [5.74, 6) is 0.405. The summed E-state index contributed by atoms with van der Waals surface area (Å²) in [5.41, 5.74) is 0. The first-order valence-corrected chi connectivity index (χ1v) is 4.48. The van der Waals surface area contributed by atoms with Gasteiger partial charge in [-0.1, -0.05) is 37.0 Å². The third-order valence-corrected chi connectivity index (χ3v) is 1.56. The van der Waals surface area contributed by atoms with Gasteiger partial charge in [-0.2, -0.15) is 0 Å². The highest BCUT2D eigenvalue weighted by Gasteiger charge is 2.09. The van der Waals surface area contributed by atoms with Crippen LogP contribution in [0.1, 0.15) is 20.8 Å². The van der Waals surface area contributed by atoms with Crippen molar-refractivity contribution in [2.45, 2.75) is 26.9 Å². The molecule has 1 atom stereocenters. The minimum atomic E-state index is 0.0324. The lowest BCUT2D eigenvalue weighted by atomic mass is 10.1. The number of halogens is 2. The van der Waals surface area contributed by atoms with Gasteiger partial charge in [-0.3, -0.25) is 0 Å². The van der Waals surface area contributed by atoms with Crippen LogP contribution in [0.5, 0.6) is 0 Å². The Balaban J connectivity index is 4.00. The van der Waals surface area contributed by atoms with Crippen LogP contribution in [0.15, 0.2) is 10.6 Å². The molecule has 0 spiro atoms. The van der Waals surface area contributed by atoms with E-state index in [0.29, 0.717) is 12.5 Å². The summed E-state index contributed by atoms with van der Waals surface area (Å²) in [6, 6.07) is 0. The predicted octanol–water partition coefficient (Wildman–Crippen LogP) is 3.37. The molecule has 0 saturated heterocycles. The van der Waals surface area contributed by atoms with Crippen molar-refractivity contribution >= 4 is 23.2 Å². The maximum atomic E-state index is 5.50. The lowest BCUT2D eigenvalue weighted by molar-refractivity contribution is 0.0647. The summed E-state index contributed by atoms with van der Waals surface area (Å²) < 4.78 is 5.64. The minimum absolute atomic E-state index is 0.0324. The van der Waals surface area contributed by atoms with Crippen LogP contribution in [0.4, 0.5) is 0 Å². The number of rotatable bonds is 4. The molecule has 0 amide bonds. The van der Waals surface area contributed by atoms with Crippen molar-refractivity contribution in [2.24, 2.45) is 5.92 Å². The summed E-state index contributed by atoms with van der Waals surface area (Å²) in [4.78, 5) is 0. The van der Waals surface area contributed by atoms with Gasteiger partial charge < -0.3 is 4.74 Å². The fourth-order valence-corrected chi connectivity index (χ4v) is 0.998. The molecule has 1 unspecified atom stereocenters. The van der Waals surface area contributed by atoms with Gasteiger partial charge in [-0.25, -0.2) is 0 Å². The van der Waals surface area contributed by atoms with Crippen LogP contribution in [-0.2, 0) is 4.74 Å². The van der Waals surface area contributed by atoms with Crippen molar-refractivity contribution in [3.63, 3.8) is 0 Å². The normalized spacial score (nSPS) is 13.3. The Bertz CT molecular complexity index is 128. The lowest BCUT2D eigenvalue weighted by Gasteiger charge is -2.16. The molecule has 0 radical (unpaired) electrons. The molecule has 0 aliphatic heterocycles. The van der Waals surface area contributed by atoms with Gasteiger partial charge in [-0.05, 0) is 18.9 Å². The molecule has 3 heteroatoms. The van der Waals surface area contributed by atoms with Crippen LogP contribution in [-0.4, -0.2) is 12.7 Å². The van der Waals surface area contributed by atoms with Crippen molar-refractivity contribution in [2.75, 3.05) is 6.61 Å². The second kappa shape index (κ2) is 5.87. The zero-order valence-corrected chi connectivity index (χ0v) is 8.62. The van der Waals surface area contributed by atoms with Crippen molar-refractivity contribution in [3.8, 4) is 0 Å². The molecule has 0 aromatic carbocycles. The molecule has 1 nitrogen and oxygen atoms in total. The summed E-state index contributed by atoms with van der Waals surface area (Å²) in [5, 5.41) is 0. The second-order valence-electron chi connectivity index (χ2n) is 2.62. The molecule has 0 rings (SSSR count). The fourth-order valence-electron chi connectivity index (χ4n) is 0.750. The van der Waals surface area contributed by atoms with Crippen LogP contribution < -0.4 is 0 Å². The van der Waals surface area contributed by atoms with E-state index >= 15 is 0 Å². The van der Waals surface area contributed by atoms with E-state index in [4.69, 9.17) is 27.9 Å². The monoisotopic (exact) mass is 196 g/mol. The summed E-state index contributed by atoms with van der Waals surface area (Å²) >= 11 is 11.0. The first-order chi connectivity index (χ1) is 5.07. The summed E-state index contributed by atoms with van der Waals surface area (Å²) in [6.07, 6.45) is 1.75. The van der Waals surface area contributed by atoms with Crippen LogP contribution in [0, 0.1) is 5.92 Å².